The minimum absolute atomic E-state index is 0.454. The zero-order valence-corrected chi connectivity index (χ0v) is 9.77. The average Bonchev–Trinajstić information content (AvgIpc) is 2.57. The monoisotopic (exact) mass is 221 g/mol. The van der Waals surface area contributed by atoms with Crippen LogP contribution in [0, 0.1) is 6.92 Å². The maximum atomic E-state index is 5.76. The summed E-state index contributed by atoms with van der Waals surface area (Å²) in [5.74, 6) is 0. The van der Waals surface area contributed by atoms with Crippen LogP contribution < -0.4 is 5.32 Å². The van der Waals surface area contributed by atoms with Gasteiger partial charge in [-0.15, -0.1) is 0 Å². The smallest absolute Gasteiger partial charge is 0.0329 e. The molecule has 15 heavy (non-hydrogen) atoms. The number of nitrogens with one attached hydrogen (secondary N) is 1. The average molecular weight is 222 g/mol. The largest absolute Gasteiger partial charge is 0.305 e. The van der Waals surface area contributed by atoms with E-state index in [1.807, 2.05) is 0 Å². The fraction of sp³-hybridized carbons (Fsp3) is 0.385. The second kappa shape index (κ2) is 4.38. The van der Waals surface area contributed by atoms with Crippen LogP contribution >= 0.6 is 11.6 Å². The SMILES string of the molecule is C=C(Cl)CNC1CCc2ccc(C)cc21. The Labute approximate surface area is 96.1 Å². The Kier molecular flexibility index (Phi) is 3.13. The lowest BCUT2D eigenvalue weighted by Crippen LogP contribution is -2.20. The summed E-state index contributed by atoms with van der Waals surface area (Å²) >= 11 is 5.76. The Morgan fingerprint density at radius 2 is 2.40 bits per heavy atom. The van der Waals surface area contributed by atoms with Crippen molar-refractivity contribution in [2.75, 3.05) is 6.54 Å². The van der Waals surface area contributed by atoms with E-state index in [9.17, 15) is 0 Å². The first-order valence-corrected chi connectivity index (χ1v) is 5.70. The fourth-order valence-corrected chi connectivity index (χ4v) is 2.24. The van der Waals surface area contributed by atoms with E-state index in [-0.39, 0.29) is 0 Å². The van der Waals surface area contributed by atoms with E-state index in [1.165, 1.54) is 29.5 Å². The summed E-state index contributed by atoms with van der Waals surface area (Å²) in [5, 5.41) is 4.11. The van der Waals surface area contributed by atoms with Gasteiger partial charge in [-0.2, -0.15) is 0 Å². The third-order valence-electron chi connectivity index (χ3n) is 2.92. The van der Waals surface area contributed by atoms with E-state index in [4.69, 9.17) is 11.6 Å². The van der Waals surface area contributed by atoms with Crippen molar-refractivity contribution in [2.24, 2.45) is 0 Å². The Morgan fingerprint density at radius 3 is 3.13 bits per heavy atom. The fourth-order valence-electron chi connectivity index (χ4n) is 2.17. The van der Waals surface area contributed by atoms with Gasteiger partial charge in [0, 0.05) is 17.6 Å². The normalized spacial score (nSPS) is 18.9. The molecule has 0 amide bonds. The molecule has 1 aliphatic rings. The number of rotatable bonds is 3. The molecule has 0 fully saturated rings. The quantitative estimate of drug-likeness (QED) is 0.826. The number of benzene rings is 1. The van der Waals surface area contributed by atoms with Gasteiger partial charge in [0.15, 0.2) is 0 Å². The van der Waals surface area contributed by atoms with Crippen molar-refractivity contribution < 1.29 is 0 Å². The molecular formula is C13H16ClN. The van der Waals surface area contributed by atoms with E-state index >= 15 is 0 Å². The van der Waals surface area contributed by atoms with E-state index in [2.05, 4.69) is 37.0 Å². The Bertz CT molecular complexity index is 384. The molecule has 1 nitrogen and oxygen atoms in total. The molecule has 0 saturated heterocycles. The molecule has 0 saturated carbocycles. The van der Waals surface area contributed by atoms with Gasteiger partial charge in [0.2, 0.25) is 0 Å². The third-order valence-corrected chi connectivity index (χ3v) is 3.05. The molecule has 1 unspecified atom stereocenters. The maximum Gasteiger partial charge on any atom is 0.0329 e. The molecule has 0 bridgehead atoms. The minimum atomic E-state index is 0.454. The predicted molar refractivity (Wildman–Crippen MR) is 65.2 cm³/mol. The standard InChI is InChI=1S/C13H16ClN/c1-9-3-4-11-5-6-13(12(11)7-9)15-8-10(2)14/h3-4,7,13,15H,2,5-6,8H2,1H3. The van der Waals surface area contributed by atoms with Crippen molar-refractivity contribution in [3.05, 3.63) is 46.5 Å². The molecule has 80 valence electrons. The maximum absolute atomic E-state index is 5.76. The van der Waals surface area contributed by atoms with Crippen molar-refractivity contribution in [2.45, 2.75) is 25.8 Å². The molecular weight excluding hydrogens is 206 g/mol. The number of aryl methyl sites for hydroxylation is 2. The van der Waals surface area contributed by atoms with Crippen molar-refractivity contribution in [3.63, 3.8) is 0 Å². The summed E-state index contributed by atoms with van der Waals surface area (Å²) in [6, 6.07) is 7.15. The van der Waals surface area contributed by atoms with E-state index in [0.29, 0.717) is 17.6 Å². The van der Waals surface area contributed by atoms with Crippen LogP contribution in [0.2, 0.25) is 0 Å². The summed E-state index contributed by atoms with van der Waals surface area (Å²) in [4.78, 5) is 0. The Morgan fingerprint density at radius 1 is 1.60 bits per heavy atom. The number of fused-ring (bicyclic) bond motifs is 1. The van der Waals surface area contributed by atoms with Gasteiger partial charge < -0.3 is 5.32 Å². The first-order chi connectivity index (χ1) is 7.16. The summed E-state index contributed by atoms with van der Waals surface area (Å²) in [5.41, 5.74) is 4.23. The van der Waals surface area contributed by atoms with Crippen LogP contribution in [0.15, 0.2) is 29.8 Å². The molecule has 1 N–H and O–H groups in total. The lowest BCUT2D eigenvalue weighted by molar-refractivity contribution is 0.561. The Hall–Kier alpha value is -0.790. The third kappa shape index (κ3) is 2.42. The van der Waals surface area contributed by atoms with Gasteiger partial charge in [0.1, 0.15) is 0 Å². The molecule has 2 heteroatoms. The van der Waals surface area contributed by atoms with Gasteiger partial charge in [-0.3, -0.25) is 0 Å². The van der Waals surface area contributed by atoms with Crippen molar-refractivity contribution in [1.29, 1.82) is 0 Å². The lowest BCUT2D eigenvalue weighted by Gasteiger charge is -2.13. The number of hydrogen-bond donors (Lipinski definition) is 1. The second-order valence-corrected chi connectivity index (χ2v) is 4.73. The van der Waals surface area contributed by atoms with Crippen molar-refractivity contribution >= 4 is 11.6 Å². The first-order valence-electron chi connectivity index (χ1n) is 5.33. The van der Waals surface area contributed by atoms with Crippen molar-refractivity contribution in [3.8, 4) is 0 Å². The highest BCUT2D eigenvalue weighted by Crippen LogP contribution is 2.31. The molecule has 0 radical (unpaired) electrons. The van der Waals surface area contributed by atoms with Gasteiger partial charge in [-0.1, -0.05) is 41.9 Å². The van der Waals surface area contributed by atoms with Crippen LogP contribution in [0.5, 0.6) is 0 Å². The van der Waals surface area contributed by atoms with E-state index in [1.54, 1.807) is 0 Å². The molecule has 1 aromatic rings. The molecule has 2 rings (SSSR count). The highest BCUT2D eigenvalue weighted by molar-refractivity contribution is 6.29. The zero-order chi connectivity index (χ0) is 10.8. The zero-order valence-electron chi connectivity index (χ0n) is 9.02. The summed E-state index contributed by atoms with van der Waals surface area (Å²) in [6.45, 7) is 6.52. The van der Waals surface area contributed by atoms with E-state index in [0.717, 1.165) is 0 Å². The molecule has 0 aromatic heterocycles. The molecule has 1 aromatic carbocycles. The molecule has 1 atom stereocenters. The van der Waals surface area contributed by atoms with Crippen LogP contribution in [0.4, 0.5) is 0 Å². The van der Waals surface area contributed by atoms with Gasteiger partial charge >= 0.3 is 0 Å². The first kappa shape index (κ1) is 10.7. The van der Waals surface area contributed by atoms with Gasteiger partial charge in [-0.25, -0.2) is 0 Å². The molecule has 0 spiro atoms. The highest BCUT2D eigenvalue weighted by atomic mass is 35.5. The van der Waals surface area contributed by atoms with Crippen LogP contribution in [-0.2, 0) is 6.42 Å². The van der Waals surface area contributed by atoms with Gasteiger partial charge in [0.25, 0.3) is 0 Å². The van der Waals surface area contributed by atoms with Crippen LogP contribution in [0.3, 0.4) is 0 Å². The van der Waals surface area contributed by atoms with Crippen LogP contribution in [0.1, 0.15) is 29.2 Å². The molecule has 0 heterocycles. The molecule has 1 aliphatic carbocycles. The predicted octanol–water partition coefficient (Wildman–Crippen LogP) is 3.32. The second-order valence-electron chi connectivity index (χ2n) is 4.19. The summed E-state index contributed by atoms with van der Waals surface area (Å²) in [6.07, 6.45) is 2.34. The molecule has 0 aliphatic heterocycles. The van der Waals surface area contributed by atoms with Crippen molar-refractivity contribution in [1.82, 2.24) is 5.32 Å². The van der Waals surface area contributed by atoms with Crippen LogP contribution in [-0.4, -0.2) is 6.54 Å². The van der Waals surface area contributed by atoms with Gasteiger partial charge in [0.05, 0.1) is 0 Å². The van der Waals surface area contributed by atoms with E-state index < -0.39 is 0 Å². The highest BCUT2D eigenvalue weighted by Gasteiger charge is 2.21. The topological polar surface area (TPSA) is 12.0 Å². The number of halogens is 1. The Balaban J connectivity index is 2.13. The summed E-state index contributed by atoms with van der Waals surface area (Å²) < 4.78 is 0. The van der Waals surface area contributed by atoms with Crippen LogP contribution in [0.25, 0.3) is 0 Å². The van der Waals surface area contributed by atoms with Gasteiger partial charge in [-0.05, 0) is 30.9 Å². The minimum Gasteiger partial charge on any atom is -0.305 e. The number of hydrogen-bond acceptors (Lipinski definition) is 1. The summed E-state index contributed by atoms with van der Waals surface area (Å²) in [7, 11) is 0. The lowest BCUT2D eigenvalue weighted by atomic mass is 10.1.